The Kier molecular flexibility index (Phi) is 5.85. The average Bonchev–Trinajstić information content (AvgIpc) is 3.31. The number of aromatic nitrogens is 4. The van der Waals surface area contributed by atoms with E-state index in [2.05, 4.69) is 15.5 Å². The Labute approximate surface area is 183 Å². The third-order valence-corrected chi connectivity index (χ3v) is 5.34. The van der Waals surface area contributed by atoms with E-state index in [0.29, 0.717) is 11.5 Å². The van der Waals surface area contributed by atoms with Gasteiger partial charge in [0.15, 0.2) is 5.82 Å². The number of benzene rings is 1. The van der Waals surface area contributed by atoms with Gasteiger partial charge >= 0.3 is 0 Å². The minimum atomic E-state index is -0.515. The van der Waals surface area contributed by atoms with Crippen molar-refractivity contribution in [2.24, 2.45) is 5.92 Å². The lowest BCUT2D eigenvalue weighted by Crippen LogP contribution is -2.36. The summed E-state index contributed by atoms with van der Waals surface area (Å²) in [5.74, 6) is -0.852. The van der Waals surface area contributed by atoms with E-state index in [1.54, 1.807) is 10.7 Å². The molecule has 0 bridgehead atoms. The SMILES string of the molecule is Cc1cc(C)n(-c2ccc(=O)n(CCNC(=O)C3CC(=O)N(c4ccc(F)cc4)C3)n2)n1. The summed E-state index contributed by atoms with van der Waals surface area (Å²) < 4.78 is 16.0. The van der Waals surface area contributed by atoms with E-state index in [0.717, 1.165) is 11.4 Å². The molecule has 0 radical (unpaired) electrons. The topological polar surface area (TPSA) is 102 Å². The van der Waals surface area contributed by atoms with E-state index >= 15 is 0 Å². The van der Waals surface area contributed by atoms with Crippen LogP contribution in [-0.4, -0.2) is 44.5 Å². The summed E-state index contributed by atoms with van der Waals surface area (Å²) in [6, 6.07) is 10.5. The molecule has 10 heteroatoms. The number of carbonyl (C=O) groups is 2. The van der Waals surface area contributed by atoms with Gasteiger partial charge in [0.05, 0.1) is 18.2 Å². The number of hydrogen-bond donors (Lipinski definition) is 1. The lowest BCUT2D eigenvalue weighted by Gasteiger charge is -2.16. The molecule has 1 aliphatic rings. The quantitative estimate of drug-likeness (QED) is 0.626. The number of carbonyl (C=O) groups excluding carboxylic acids is 2. The third-order valence-electron chi connectivity index (χ3n) is 5.34. The fourth-order valence-electron chi connectivity index (χ4n) is 3.76. The number of aryl methyl sites for hydroxylation is 2. The maximum Gasteiger partial charge on any atom is 0.266 e. The Balaban J connectivity index is 1.36. The normalized spacial score (nSPS) is 15.9. The van der Waals surface area contributed by atoms with E-state index in [9.17, 15) is 18.8 Å². The van der Waals surface area contributed by atoms with Gasteiger partial charge in [-0.1, -0.05) is 0 Å². The van der Waals surface area contributed by atoms with Gasteiger partial charge in [-0.2, -0.15) is 5.10 Å². The van der Waals surface area contributed by atoms with Gasteiger partial charge in [-0.15, -0.1) is 5.10 Å². The summed E-state index contributed by atoms with van der Waals surface area (Å²) in [6.45, 7) is 4.37. The van der Waals surface area contributed by atoms with Gasteiger partial charge in [0.25, 0.3) is 5.56 Å². The van der Waals surface area contributed by atoms with Crippen LogP contribution in [0.1, 0.15) is 17.8 Å². The molecule has 166 valence electrons. The molecule has 1 aliphatic heterocycles. The minimum Gasteiger partial charge on any atom is -0.354 e. The first-order valence-electron chi connectivity index (χ1n) is 10.3. The highest BCUT2D eigenvalue weighted by molar-refractivity contribution is 6.00. The predicted molar refractivity (Wildman–Crippen MR) is 115 cm³/mol. The molecule has 3 heterocycles. The Bertz CT molecular complexity index is 1220. The number of anilines is 1. The molecule has 1 fully saturated rings. The van der Waals surface area contributed by atoms with Crippen LogP contribution in [0.4, 0.5) is 10.1 Å². The smallest absolute Gasteiger partial charge is 0.266 e. The molecule has 9 nitrogen and oxygen atoms in total. The van der Waals surface area contributed by atoms with Crippen molar-refractivity contribution in [2.45, 2.75) is 26.8 Å². The highest BCUT2D eigenvalue weighted by atomic mass is 19.1. The lowest BCUT2D eigenvalue weighted by molar-refractivity contribution is -0.126. The van der Waals surface area contributed by atoms with Crippen LogP contribution < -0.4 is 15.8 Å². The molecule has 2 aromatic heterocycles. The zero-order chi connectivity index (χ0) is 22.8. The molecule has 3 aromatic rings. The van der Waals surface area contributed by atoms with E-state index in [1.165, 1.54) is 39.9 Å². The predicted octanol–water partition coefficient (Wildman–Crippen LogP) is 1.35. The fraction of sp³-hybridized carbons (Fsp3) is 0.318. The van der Waals surface area contributed by atoms with Gasteiger partial charge in [0, 0.05) is 37.0 Å². The van der Waals surface area contributed by atoms with E-state index in [4.69, 9.17) is 0 Å². The summed E-state index contributed by atoms with van der Waals surface area (Å²) in [4.78, 5) is 38.5. The van der Waals surface area contributed by atoms with Gasteiger partial charge in [-0.05, 0) is 50.2 Å². The second kappa shape index (κ2) is 8.74. The Morgan fingerprint density at radius 3 is 2.56 bits per heavy atom. The van der Waals surface area contributed by atoms with Crippen molar-refractivity contribution in [1.82, 2.24) is 24.9 Å². The fourth-order valence-corrected chi connectivity index (χ4v) is 3.76. The minimum absolute atomic E-state index is 0.0782. The molecule has 32 heavy (non-hydrogen) atoms. The highest BCUT2D eigenvalue weighted by Gasteiger charge is 2.34. The van der Waals surface area contributed by atoms with Crippen LogP contribution in [-0.2, 0) is 16.1 Å². The molecular weight excluding hydrogens is 415 g/mol. The summed E-state index contributed by atoms with van der Waals surface area (Å²) in [5.41, 5.74) is 2.01. The van der Waals surface area contributed by atoms with Crippen molar-refractivity contribution in [3.63, 3.8) is 0 Å². The Hall–Kier alpha value is -3.82. The zero-order valence-electron chi connectivity index (χ0n) is 17.8. The van der Waals surface area contributed by atoms with Gasteiger partial charge in [0.2, 0.25) is 11.8 Å². The summed E-state index contributed by atoms with van der Waals surface area (Å²) in [7, 11) is 0. The molecule has 1 N–H and O–H groups in total. The number of halogens is 1. The van der Waals surface area contributed by atoms with E-state index in [-0.39, 0.29) is 49.2 Å². The third kappa shape index (κ3) is 4.43. The molecule has 1 aromatic carbocycles. The Morgan fingerprint density at radius 1 is 1.12 bits per heavy atom. The number of nitrogens with one attached hydrogen (secondary N) is 1. The first kappa shape index (κ1) is 21.4. The summed E-state index contributed by atoms with van der Waals surface area (Å²) in [5, 5.41) is 11.5. The van der Waals surface area contributed by atoms with Crippen molar-refractivity contribution in [1.29, 1.82) is 0 Å². The van der Waals surface area contributed by atoms with Crippen LogP contribution in [0.15, 0.2) is 47.3 Å². The van der Waals surface area contributed by atoms with Crippen molar-refractivity contribution >= 4 is 17.5 Å². The molecule has 0 aliphatic carbocycles. The monoisotopic (exact) mass is 438 g/mol. The van der Waals surface area contributed by atoms with Crippen molar-refractivity contribution < 1.29 is 14.0 Å². The highest BCUT2D eigenvalue weighted by Crippen LogP contribution is 2.25. The average molecular weight is 438 g/mol. The summed E-state index contributed by atoms with van der Waals surface area (Å²) >= 11 is 0. The van der Waals surface area contributed by atoms with Gasteiger partial charge in [-0.3, -0.25) is 14.4 Å². The lowest BCUT2D eigenvalue weighted by atomic mass is 10.1. The largest absolute Gasteiger partial charge is 0.354 e. The van der Waals surface area contributed by atoms with Crippen LogP contribution >= 0.6 is 0 Å². The van der Waals surface area contributed by atoms with Crippen LogP contribution in [0, 0.1) is 25.6 Å². The van der Waals surface area contributed by atoms with Crippen LogP contribution in [0.5, 0.6) is 0 Å². The molecular formula is C22H23FN6O3. The molecule has 4 rings (SSSR count). The van der Waals surface area contributed by atoms with Crippen LogP contribution in [0.25, 0.3) is 5.82 Å². The van der Waals surface area contributed by atoms with E-state index < -0.39 is 5.92 Å². The molecule has 0 saturated carbocycles. The first-order chi connectivity index (χ1) is 15.3. The van der Waals surface area contributed by atoms with E-state index in [1.807, 2.05) is 19.9 Å². The molecule has 1 saturated heterocycles. The number of hydrogen-bond acceptors (Lipinski definition) is 5. The van der Waals surface area contributed by atoms with Crippen LogP contribution in [0.2, 0.25) is 0 Å². The molecule has 2 amide bonds. The van der Waals surface area contributed by atoms with Crippen LogP contribution in [0.3, 0.4) is 0 Å². The van der Waals surface area contributed by atoms with Crippen molar-refractivity contribution in [3.05, 3.63) is 70.0 Å². The van der Waals surface area contributed by atoms with Gasteiger partial charge in [-0.25, -0.2) is 13.8 Å². The second-order valence-electron chi connectivity index (χ2n) is 7.76. The first-order valence-corrected chi connectivity index (χ1v) is 10.3. The molecule has 1 unspecified atom stereocenters. The second-order valence-corrected chi connectivity index (χ2v) is 7.76. The summed E-state index contributed by atoms with van der Waals surface area (Å²) in [6.07, 6.45) is 0.0782. The number of nitrogens with zero attached hydrogens (tertiary/aromatic N) is 5. The van der Waals surface area contributed by atoms with Crippen molar-refractivity contribution in [2.75, 3.05) is 18.0 Å². The Morgan fingerprint density at radius 2 is 1.88 bits per heavy atom. The molecule has 0 spiro atoms. The molecule has 1 atom stereocenters. The maximum atomic E-state index is 13.1. The van der Waals surface area contributed by atoms with Crippen molar-refractivity contribution in [3.8, 4) is 5.82 Å². The maximum absolute atomic E-state index is 13.1. The number of rotatable bonds is 6. The van der Waals surface area contributed by atoms with Gasteiger partial charge in [0.1, 0.15) is 5.82 Å². The van der Waals surface area contributed by atoms with Gasteiger partial charge < -0.3 is 10.2 Å². The number of amides is 2. The zero-order valence-corrected chi connectivity index (χ0v) is 17.8. The standard InChI is InChI=1S/C22H23FN6O3/c1-14-11-15(2)29(25-14)19-7-8-20(30)28(26-19)10-9-24-22(32)16-12-21(31)27(13-16)18-5-3-17(23)4-6-18/h3-8,11,16H,9-10,12-13H2,1-2H3,(H,24,32).